The maximum atomic E-state index is 13.5. The second-order valence-corrected chi connectivity index (χ2v) is 9.28. The van der Waals surface area contributed by atoms with Crippen molar-refractivity contribution in [1.82, 2.24) is 9.55 Å². The van der Waals surface area contributed by atoms with Crippen molar-refractivity contribution in [2.45, 2.75) is 24.9 Å². The van der Waals surface area contributed by atoms with Crippen LogP contribution in [0.25, 0.3) is 16.6 Å². The minimum Gasteiger partial charge on any atom is -0.324 e. The van der Waals surface area contributed by atoms with Gasteiger partial charge >= 0.3 is 0 Å². The zero-order valence-electron chi connectivity index (χ0n) is 18.6. The molecule has 0 atom stereocenters. The van der Waals surface area contributed by atoms with E-state index in [9.17, 15) is 14.9 Å². The van der Waals surface area contributed by atoms with Crippen molar-refractivity contribution in [3.63, 3.8) is 0 Å². The van der Waals surface area contributed by atoms with Gasteiger partial charge < -0.3 is 5.32 Å². The summed E-state index contributed by atoms with van der Waals surface area (Å²) >= 11 is 7.18. The SMILES string of the molecule is CC(C)c1ccccc1-n1c(SCC(=O)Nc2cc(Cl)ccc2C#N)nc2ccccc2c1=O. The summed E-state index contributed by atoms with van der Waals surface area (Å²) in [6, 6.07) is 21.6. The lowest BCUT2D eigenvalue weighted by molar-refractivity contribution is -0.113. The van der Waals surface area contributed by atoms with Crippen LogP contribution in [0.1, 0.15) is 30.9 Å². The highest BCUT2D eigenvalue weighted by atomic mass is 35.5. The lowest BCUT2D eigenvalue weighted by Gasteiger charge is -2.18. The molecule has 8 heteroatoms. The average molecular weight is 489 g/mol. The van der Waals surface area contributed by atoms with Gasteiger partial charge in [0.25, 0.3) is 5.56 Å². The number of amides is 1. The van der Waals surface area contributed by atoms with Crippen molar-refractivity contribution >= 4 is 45.9 Å². The lowest BCUT2D eigenvalue weighted by atomic mass is 10.0. The van der Waals surface area contributed by atoms with Crippen molar-refractivity contribution in [1.29, 1.82) is 5.26 Å². The zero-order valence-corrected chi connectivity index (χ0v) is 20.2. The van der Waals surface area contributed by atoms with Gasteiger partial charge in [0.1, 0.15) is 6.07 Å². The van der Waals surface area contributed by atoms with Crippen molar-refractivity contribution in [3.8, 4) is 11.8 Å². The van der Waals surface area contributed by atoms with Gasteiger partial charge in [0.2, 0.25) is 5.91 Å². The highest BCUT2D eigenvalue weighted by Gasteiger charge is 2.18. The third kappa shape index (κ3) is 4.84. The first-order chi connectivity index (χ1) is 16.4. The number of nitrogens with one attached hydrogen (secondary N) is 1. The Morgan fingerprint density at radius 2 is 1.88 bits per heavy atom. The quantitative estimate of drug-likeness (QED) is 0.275. The molecule has 170 valence electrons. The van der Waals surface area contributed by atoms with Crippen LogP contribution in [0.5, 0.6) is 0 Å². The number of carbonyl (C=O) groups excluding carboxylic acids is 1. The number of hydrogen-bond donors (Lipinski definition) is 1. The van der Waals surface area contributed by atoms with Crippen LogP contribution in [0.3, 0.4) is 0 Å². The number of hydrogen-bond acceptors (Lipinski definition) is 5. The average Bonchev–Trinajstić information content (AvgIpc) is 2.83. The molecular weight excluding hydrogens is 468 g/mol. The first-order valence-electron chi connectivity index (χ1n) is 10.6. The fourth-order valence-corrected chi connectivity index (χ4v) is 4.61. The van der Waals surface area contributed by atoms with E-state index in [2.05, 4.69) is 19.2 Å². The third-order valence-corrected chi connectivity index (χ3v) is 6.43. The molecule has 0 bridgehead atoms. The predicted octanol–water partition coefficient (Wildman–Crippen LogP) is 5.76. The molecule has 0 spiro atoms. The number of thioether (sulfide) groups is 1. The van der Waals surface area contributed by atoms with Crippen molar-refractivity contribution in [2.24, 2.45) is 0 Å². The van der Waals surface area contributed by atoms with E-state index in [-0.39, 0.29) is 23.1 Å². The van der Waals surface area contributed by atoms with Gasteiger partial charge in [-0.1, -0.05) is 67.5 Å². The van der Waals surface area contributed by atoms with E-state index >= 15 is 0 Å². The fourth-order valence-electron chi connectivity index (χ4n) is 3.63. The lowest BCUT2D eigenvalue weighted by Crippen LogP contribution is -2.24. The van der Waals surface area contributed by atoms with Gasteiger partial charge in [-0.2, -0.15) is 5.26 Å². The molecule has 1 heterocycles. The normalized spacial score (nSPS) is 10.9. The molecule has 0 radical (unpaired) electrons. The van der Waals surface area contributed by atoms with E-state index in [1.54, 1.807) is 28.8 Å². The van der Waals surface area contributed by atoms with E-state index in [1.165, 1.54) is 6.07 Å². The van der Waals surface area contributed by atoms with E-state index < -0.39 is 0 Å². The Morgan fingerprint density at radius 1 is 1.15 bits per heavy atom. The number of nitrogens with zero attached hydrogens (tertiary/aromatic N) is 3. The van der Waals surface area contributed by atoms with Gasteiger partial charge in [-0.3, -0.25) is 14.2 Å². The second kappa shape index (κ2) is 10.1. The molecular formula is C26H21ClN4O2S. The smallest absolute Gasteiger partial charge is 0.266 e. The molecule has 0 aliphatic heterocycles. The molecule has 0 aliphatic rings. The molecule has 6 nitrogen and oxygen atoms in total. The van der Waals surface area contributed by atoms with E-state index in [4.69, 9.17) is 16.6 Å². The van der Waals surface area contributed by atoms with Crippen LogP contribution in [0.4, 0.5) is 5.69 Å². The predicted molar refractivity (Wildman–Crippen MR) is 137 cm³/mol. The summed E-state index contributed by atoms with van der Waals surface area (Å²) in [7, 11) is 0. The van der Waals surface area contributed by atoms with Crippen LogP contribution in [0, 0.1) is 11.3 Å². The van der Waals surface area contributed by atoms with Crippen LogP contribution >= 0.6 is 23.4 Å². The summed E-state index contributed by atoms with van der Waals surface area (Å²) in [4.78, 5) is 31.0. The third-order valence-electron chi connectivity index (χ3n) is 5.25. The number of nitriles is 1. The molecule has 1 amide bonds. The Bertz CT molecular complexity index is 1490. The highest BCUT2D eigenvalue weighted by Crippen LogP contribution is 2.27. The summed E-state index contributed by atoms with van der Waals surface area (Å²) in [6.45, 7) is 4.13. The van der Waals surface area contributed by atoms with Crippen LogP contribution < -0.4 is 10.9 Å². The number of aromatic nitrogens is 2. The zero-order chi connectivity index (χ0) is 24.2. The van der Waals surface area contributed by atoms with Crippen molar-refractivity contribution < 1.29 is 4.79 Å². The number of halogens is 1. The van der Waals surface area contributed by atoms with Gasteiger partial charge in [0.05, 0.1) is 33.6 Å². The van der Waals surface area contributed by atoms with Gasteiger partial charge in [0.15, 0.2) is 5.16 Å². The molecule has 0 unspecified atom stereocenters. The minimum absolute atomic E-state index is 0.00793. The molecule has 0 aliphatic carbocycles. The van der Waals surface area contributed by atoms with Crippen molar-refractivity contribution in [2.75, 3.05) is 11.1 Å². The minimum atomic E-state index is -0.338. The summed E-state index contributed by atoms with van der Waals surface area (Å²) < 4.78 is 1.58. The summed E-state index contributed by atoms with van der Waals surface area (Å²) in [6.07, 6.45) is 0. The summed E-state index contributed by atoms with van der Waals surface area (Å²) in [5.41, 5.74) is 2.78. The van der Waals surface area contributed by atoms with Crippen LogP contribution in [-0.2, 0) is 4.79 Å². The number of fused-ring (bicyclic) bond motifs is 1. The molecule has 4 aromatic rings. The first kappa shape index (κ1) is 23.6. The van der Waals surface area contributed by atoms with Crippen LogP contribution in [0.15, 0.2) is 76.7 Å². The Morgan fingerprint density at radius 3 is 2.65 bits per heavy atom. The Balaban J connectivity index is 1.73. The fraction of sp³-hybridized carbons (Fsp3) is 0.154. The van der Waals surface area contributed by atoms with Gasteiger partial charge in [-0.25, -0.2) is 4.98 Å². The summed E-state index contributed by atoms with van der Waals surface area (Å²) in [5, 5.41) is 13.4. The van der Waals surface area contributed by atoms with Gasteiger partial charge in [0, 0.05) is 5.02 Å². The Labute approximate surface area is 206 Å². The van der Waals surface area contributed by atoms with E-state index in [0.717, 1.165) is 23.0 Å². The molecule has 3 aromatic carbocycles. The largest absolute Gasteiger partial charge is 0.324 e. The topological polar surface area (TPSA) is 87.8 Å². The molecule has 0 saturated heterocycles. The molecule has 4 rings (SSSR count). The monoisotopic (exact) mass is 488 g/mol. The second-order valence-electron chi connectivity index (χ2n) is 7.90. The number of carbonyl (C=O) groups is 1. The number of rotatable bonds is 6. The van der Waals surface area contributed by atoms with E-state index in [1.807, 2.05) is 42.5 Å². The van der Waals surface area contributed by atoms with Gasteiger partial charge in [-0.05, 0) is 47.9 Å². The van der Waals surface area contributed by atoms with Crippen LogP contribution in [0.2, 0.25) is 5.02 Å². The maximum Gasteiger partial charge on any atom is 0.266 e. The molecule has 0 saturated carbocycles. The number of benzene rings is 3. The first-order valence-corrected chi connectivity index (χ1v) is 12.0. The Kier molecular flexibility index (Phi) is 7.01. The highest BCUT2D eigenvalue weighted by molar-refractivity contribution is 7.99. The Hall–Kier alpha value is -3.60. The standard InChI is InChI=1S/C26H21ClN4O2S/c1-16(2)19-7-4-6-10-23(19)31-25(33)20-8-3-5-9-21(20)30-26(31)34-15-24(32)29-22-13-18(27)12-11-17(22)14-28/h3-13,16H,15H2,1-2H3,(H,29,32). The van der Waals surface area contributed by atoms with Crippen molar-refractivity contribution in [3.05, 3.63) is 93.2 Å². The molecule has 34 heavy (non-hydrogen) atoms. The number of anilines is 1. The molecule has 1 N–H and O–H groups in total. The van der Waals surface area contributed by atoms with Crippen LogP contribution in [-0.4, -0.2) is 21.2 Å². The van der Waals surface area contributed by atoms with Gasteiger partial charge in [-0.15, -0.1) is 0 Å². The summed E-state index contributed by atoms with van der Waals surface area (Å²) in [5.74, 6) is -0.163. The molecule has 1 aromatic heterocycles. The van der Waals surface area contributed by atoms with E-state index in [0.29, 0.717) is 32.3 Å². The number of para-hydroxylation sites is 2. The maximum absolute atomic E-state index is 13.5. The molecule has 0 fully saturated rings.